The molecule has 2 rings (SSSR count). The van der Waals surface area contributed by atoms with Gasteiger partial charge >= 0.3 is 5.97 Å². The summed E-state index contributed by atoms with van der Waals surface area (Å²) >= 11 is 0. The van der Waals surface area contributed by atoms with Crippen LogP contribution in [0.25, 0.3) is 0 Å². The Morgan fingerprint density at radius 1 is 1.38 bits per heavy atom. The molecule has 2 atom stereocenters. The van der Waals surface area contributed by atoms with E-state index in [0.29, 0.717) is 0 Å². The van der Waals surface area contributed by atoms with Crippen molar-refractivity contribution in [2.45, 2.75) is 37.4 Å². The fourth-order valence-corrected chi connectivity index (χ4v) is 3.94. The second-order valence-corrected chi connectivity index (χ2v) is 6.88. The Bertz CT molecular complexity index is 614. The Morgan fingerprint density at radius 3 is 2.57 bits per heavy atom. The van der Waals surface area contributed by atoms with Gasteiger partial charge in [0, 0.05) is 13.0 Å². The molecular weight excluding hydrogens is 297 g/mol. The van der Waals surface area contributed by atoms with Crippen LogP contribution < -0.4 is 0 Å². The zero-order valence-corrected chi connectivity index (χ0v) is 12.8. The van der Waals surface area contributed by atoms with Crippen LogP contribution in [0.15, 0.2) is 29.2 Å². The highest BCUT2D eigenvalue weighted by Gasteiger charge is 2.44. The second-order valence-electron chi connectivity index (χ2n) is 4.99. The van der Waals surface area contributed by atoms with Gasteiger partial charge in [0.15, 0.2) is 0 Å². The maximum absolute atomic E-state index is 13.6. The number of hydrogen-bond donors (Lipinski definition) is 0. The van der Waals surface area contributed by atoms with Crippen molar-refractivity contribution >= 4 is 16.0 Å². The van der Waals surface area contributed by atoms with Crippen molar-refractivity contribution in [3.05, 3.63) is 29.8 Å². The maximum Gasteiger partial charge on any atom is 0.324 e. The van der Waals surface area contributed by atoms with Crippen LogP contribution in [-0.2, 0) is 19.6 Å². The van der Waals surface area contributed by atoms with Gasteiger partial charge < -0.3 is 4.74 Å². The Kier molecular flexibility index (Phi) is 4.63. The molecule has 0 bridgehead atoms. The summed E-state index contributed by atoms with van der Waals surface area (Å²) in [7, 11) is -3.91. The Balaban J connectivity index is 2.33. The third-order valence-electron chi connectivity index (χ3n) is 3.39. The number of benzene rings is 1. The number of esters is 1. The number of carbonyl (C=O) groups excluding carboxylic acids is 1. The van der Waals surface area contributed by atoms with Gasteiger partial charge in [-0.2, -0.15) is 4.31 Å². The molecule has 116 valence electrons. The molecule has 0 N–H and O–H groups in total. The van der Waals surface area contributed by atoms with Crippen molar-refractivity contribution in [3.63, 3.8) is 0 Å². The molecule has 0 amide bonds. The highest BCUT2D eigenvalue weighted by Crippen LogP contribution is 2.28. The molecule has 1 fully saturated rings. The molecule has 0 aliphatic carbocycles. The first-order chi connectivity index (χ1) is 9.86. The third kappa shape index (κ3) is 3.24. The maximum atomic E-state index is 13.6. The average Bonchev–Trinajstić information content (AvgIpc) is 2.82. The minimum Gasteiger partial charge on any atom is -0.465 e. The van der Waals surface area contributed by atoms with Gasteiger partial charge in [-0.25, -0.2) is 12.8 Å². The Morgan fingerprint density at radius 2 is 2.00 bits per heavy atom. The van der Waals surface area contributed by atoms with Crippen molar-refractivity contribution in [1.82, 2.24) is 4.31 Å². The number of sulfonamides is 1. The van der Waals surface area contributed by atoms with Crippen molar-refractivity contribution in [3.8, 4) is 0 Å². The first-order valence-corrected chi connectivity index (χ1v) is 8.19. The van der Waals surface area contributed by atoms with Crippen LogP contribution in [0, 0.1) is 6.92 Å². The molecule has 0 saturated carbocycles. The Hall–Kier alpha value is -1.47. The van der Waals surface area contributed by atoms with Crippen molar-refractivity contribution in [2.24, 2.45) is 0 Å². The van der Waals surface area contributed by atoms with E-state index in [1.54, 1.807) is 19.1 Å². The summed E-state index contributed by atoms with van der Waals surface area (Å²) in [6, 6.07) is 5.15. The van der Waals surface area contributed by atoms with Gasteiger partial charge in [-0.1, -0.05) is 17.7 Å². The molecule has 1 saturated heterocycles. The quantitative estimate of drug-likeness (QED) is 0.793. The highest BCUT2D eigenvalue weighted by atomic mass is 32.2. The van der Waals surface area contributed by atoms with Crippen LogP contribution in [0.2, 0.25) is 0 Å². The lowest BCUT2D eigenvalue weighted by Crippen LogP contribution is -2.41. The third-order valence-corrected chi connectivity index (χ3v) is 5.28. The normalized spacial score (nSPS) is 23.2. The zero-order chi connectivity index (χ0) is 15.6. The van der Waals surface area contributed by atoms with Gasteiger partial charge in [0.25, 0.3) is 0 Å². The molecule has 0 spiro atoms. The van der Waals surface area contributed by atoms with Gasteiger partial charge in [0.05, 0.1) is 11.5 Å². The van der Waals surface area contributed by atoms with E-state index in [1.807, 2.05) is 6.92 Å². The van der Waals surface area contributed by atoms with Gasteiger partial charge in [-0.05, 0) is 26.0 Å². The zero-order valence-electron chi connectivity index (χ0n) is 12.0. The number of nitrogens with zero attached hydrogens (tertiary/aromatic N) is 1. The summed E-state index contributed by atoms with van der Waals surface area (Å²) in [6.07, 6.45) is -1.52. The van der Waals surface area contributed by atoms with E-state index in [2.05, 4.69) is 0 Å². The lowest BCUT2D eigenvalue weighted by molar-refractivity contribution is -0.146. The van der Waals surface area contributed by atoms with Crippen LogP contribution in [0.1, 0.15) is 18.9 Å². The molecule has 1 aromatic rings. The molecule has 21 heavy (non-hydrogen) atoms. The molecule has 0 unspecified atom stereocenters. The number of hydrogen-bond acceptors (Lipinski definition) is 4. The summed E-state index contributed by atoms with van der Waals surface area (Å²) in [4.78, 5) is 11.9. The van der Waals surface area contributed by atoms with E-state index in [1.165, 1.54) is 12.1 Å². The van der Waals surface area contributed by atoms with Gasteiger partial charge in [0.2, 0.25) is 10.0 Å². The number of halogens is 1. The van der Waals surface area contributed by atoms with Crippen LogP contribution in [0.5, 0.6) is 0 Å². The minimum atomic E-state index is -3.91. The van der Waals surface area contributed by atoms with Crippen molar-refractivity contribution in [1.29, 1.82) is 0 Å². The van der Waals surface area contributed by atoms with E-state index in [9.17, 15) is 17.6 Å². The standard InChI is InChI=1S/C14H18FNO4S/c1-3-20-14(17)13-8-11(15)9-16(13)21(18,19)12-6-4-10(2)5-7-12/h4-7,11,13H,3,8-9H2,1-2H3/t11-,13-/m0/s1. The molecule has 1 aliphatic rings. The molecular formula is C14H18FNO4S. The van der Waals surface area contributed by atoms with Crippen LogP contribution in [-0.4, -0.2) is 44.1 Å². The monoisotopic (exact) mass is 315 g/mol. The number of rotatable bonds is 4. The average molecular weight is 315 g/mol. The fourth-order valence-electron chi connectivity index (χ4n) is 2.32. The van der Waals surface area contributed by atoms with Crippen LogP contribution in [0.4, 0.5) is 4.39 Å². The Labute approximate surface area is 123 Å². The molecule has 0 aromatic heterocycles. The van der Waals surface area contributed by atoms with Crippen molar-refractivity contribution < 1.29 is 22.3 Å². The highest BCUT2D eigenvalue weighted by molar-refractivity contribution is 7.89. The summed E-state index contributed by atoms with van der Waals surface area (Å²) < 4.78 is 44.5. The minimum absolute atomic E-state index is 0.0523. The van der Waals surface area contributed by atoms with E-state index < -0.39 is 28.2 Å². The van der Waals surface area contributed by atoms with Crippen LogP contribution in [0.3, 0.4) is 0 Å². The smallest absolute Gasteiger partial charge is 0.324 e. The lowest BCUT2D eigenvalue weighted by atomic mass is 10.2. The molecule has 0 radical (unpaired) electrons. The van der Waals surface area contributed by atoms with Crippen molar-refractivity contribution in [2.75, 3.05) is 13.2 Å². The van der Waals surface area contributed by atoms with E-state index in [-0.39, 0.29) is 24.5 Å². The topological polar surface area (TPSA) is 63.7 Å². The van der Waals surface area contributed by atoms with E-state index >= 15 is 0 Å². The van der Waals surface area contributed by atoms with Gasteiger partial charge in [0.1, 0.15) is 12.2 Å². The molecule has 1 aliphatic heterocycles. The van der Waals surface area contributed by atoms with Crippen LogP contribution >= 0.6 is 0 Å². The number of aryl methyl sites for hydroxylation is 1. The molecule has 1 heterocycles. The summed E-state index contributed by atoms with van der Waals surface area (Å²) in [5, 5.41) is 0. The largest absolute Gasteiger partial charge is 0.465 e. The van der Waals surface area contributed by atoms with E-state index in [0.717, 1.165) is 9.87 Å². The SMILES string of the molecule is CCOC(=O)[C@@H]1C[C@H](F)CN1S(=O)(=O)c1ccc(C)cc1. The molecule has 5 nitrogen and oxygen atoms in total. The first kappa shape index (κ1) is 15.9. The first-order valence-electron chi connectivity index (χ1n) is 6.75. The fraction of sp³-hybridized carbons (Fsp3) is 0.500. The van der Waals surface area contributed by atoms with Gasteiger partial charge in [-0.3, -0.25) is 4.79 Å². The summed E-state index contributed by atoms with van der Waals surface area (Å²) in [5.41, 5.74) is 0.917. The number of carbonyl (C=O) groups is 1. The number of alkyl halides is 1. The predicted octanol–water partition coefficient (Wildman–Crippen LogP) is 1.66. The van der Waals surface area contributed by atoms with Gasteiger partial charge in [-0.15, -0.1) is 0 Å². The second kappa shape index (κ2) is 6.11. The molecule has 7 heteroatoms. The lowest BCUT2D eigenvalue weighted by Gasteiger charge is -2.22. The number of ether oxygens (including phenoxy) is 1. The summed E-state index contributed by atoms with van der Waals surface area (Å²) in [5.74, 6) is -0.701. The summed E-state index contributed by atoms with van der Waals surface area (Å²) in [6.45, 7) is 3.27. The molecule has 1 aromatic carbocycles. The predicted molar refractivity (Wildman–Crippen MR) is 75.0 cm³/mol. The van der Waals surface area contributed by atoms with E-state index in [4.69, 9.17) is 4.74 Å².